The molecule has 0 aromatic carbocycles. The van der Waals surface area contributed by atoms with Gasteiger partial charge in [-0.2, -0.15) is 4.31 Å². The molecule has 1 saturated heterocycles. The Morgan fingerprint density at radius 2 is 1.67 bits per heavy atom. The summed E-state index contributed by atoms with van der Waals surface area (Å²) in [7, 11) is -3.08. The van der Waals surface area contributed by atoms with Crippen molar-refractivity contribution in [2.24, 2.45) is 0 Å². The van der Waals surface area contributed by atoms with Crippen molar-refractivity contribution < 1.29 is 8.42 Å². The van der Waals surface area contributed by atoms with Crippen LogP contribution in [0.1, 0.15) is 27.7 Å². The molecular formula is C12H27N3O2S. The Morgan fingerprint density at radius 1 is 1.11 bits per heavy atom. The predicted octanol–water partition coefficient (Wildman–Crippen LogP) is 0.342. The number of hydrogen-bond acceptors (Lipinski definition) is 4. The Kier molecular flexibility index (Phi) is 5.58. The summed E-state index contributed by atoms with van der Waals surface area (Å²) in [6, 6.07) is 0. The Balaban J connectivity index is 2.47. The molecule has 18 heavy (non-hydrogen) atoms. The lowest BCUT2D eigenvalue weighted by Gasteiger charge is -2.41. The minimum atomic E-state index is -3.08. The van der Waals surface area contributed by atoms with Gasteiger partial charge in [0.15, 0.2) is 0 Å². The topological polar surface area (TPSA) is 52.7 Å². The van der Waals surface area contributed by atoms with Crippen molar-refractivity contribution in [3.63, 3.8) is 0 Å². The van der Waals surface area contributed by atoms with Crippen LogP contribution in [0.3, 0.4) is 0 Å². The van der Waals surface area contributed by atoms with Gasteiger partial charge in [0.2, 0.25) is 10.0 Å². The Morgan fingerprint density at radius 3 is 2.11 bits per heavy atom. The Bertz CT molecular complexity index is 341. The van der Waals surface area contributed by atoms with Crippen molar-refractivity contribution in [2.75, 3.05) is 45.0 Å². The second kappa shape index (κ2) is 6.32. The zero-order valence-corrected chi connectivity index (χ0v) is 12.9. The van der Waals surface area contributed by atoms with E-state index in [0.29, 0.717) is 19.6 Å². The molecule has 5 nitrogen and oxygen atoms in total. The summed E-state index contributed by atoms with van der Waals surface area (Å²) in [5.41, 5.74) is 0.125. The number of rotatable bonds is 5. The van der Waals surface area contributed by atoms with Crippen LogP contribution >= 0.6 is 0 Å². The van der Waals surface area contributed by atoms with Gasteiger partial charge in [0.05, 0.1) is 5.75 Å². The summed E-state index contributed by atoms with van der Waals surface area (Å²) in [6.07, 6.45) is 0. The van der Waals surface area contributed by atoms with E-state index in [9.17, 15) is 8.42 Å². The third-order valence-electron chi connectivity index (χ3n) is 3.37. The third kappa shape index (κ3) is 4.50. The highest BCUT2D eigenvalue weighted by atomic mass is 32.2. The second-order valence-corrected chi connectivity index (χ2v) is 7.81. The van der Waals surface area contributed by atoms with E-state index in [0.717, 1.165) is 19.6 Å². The molecule has 1 N–H and O–H groups in total. The van der Waals surface area contributed by atoms with Gasteiger partial charge in [-0.15, -0.1) is 0 Å². The molecule has 1 fully saturated rings. The van der Waals surface area contributed by atoms with E-state index in [1.54, 1.807) is 4.31 Å². The summed E-state index contributed by atoms with van der Waals surface area (Å²) >= 11 is 0. The van der Waals surface area contributed by atoms with Gasteiger partial charge in [-0.25, -0.2) is 8.42 Å². The molecule has 0 radical (unpaired) electrons. The van der Waals surface area contributed by atoms with Gasteiger partial charge in [0.25, 0.3) is 0 Å². The highest BCUT2D eigenvalue weighted by Gasteiger charge is 2.30. The third-order valence-corrected chi connectivity index (χ3v) is 5.24. The first-order valence-electron chi connectivity index (χ1n) is 6.71. The highest BCUT2D eigenvalue weighted by molar-refractivity contribution is 7.89. The molecule has 0 aromatic rings. The van der Waals surface area contributed by atoms with Gasteiger partial charge in [-0.1, -0.05) is 6.92 Å². The Labute approximate surface area is 112 Å². The van der Waals surface area contributed by atoms with Crippen molar-refractivity contribution in [2.45, 2.75) is 33.2 Å². The van der Waals surface area contributed by atoms with Crippen molar-refractivity contribution in [1.82, 2.24) is 14.5 Å². The first kappa shape index (κ1) is 15.9. The molecule has 0 spiro atoms. The smallest absolute Gasteiger partial charge is 0.215 e. The number of nitrogens with one attached hydrogen (secondary N) is 1. The summed E-state index contributed by atoms with van der Waals surface area (Å²) in [4.78, 5) is 2.34. The van der Waals surface area contributed by atoms with Crippen LogP contribution in [0, 0.1) is 0 Å². The maximum atomic E-state index is 12.1. The zero-order chi connectivity index (χ0) is 13.8. The predicted molar refractivity (Wildman–Crippen MR) is 75.2 cm³/mol. The van der Waals surface area contributed by atoms with E-state index in [1.165, 1.54) is 0 Å². The molecule has 1 heterocycles. The minimum Gasteiger partial charge on any atom is -0.316 e. The molecule has 0 aliphatic carbocycles. The lowest BCUT2D eigenvalue weighted by molar-refractivity contribution is 0.0922. The summed E-state index contributed by atoms with van der Waals surface area (Å²) in [6.45, 7) is 12.7. The summed E-state index contributed by atoms with van der Waals surface area (Å²) in [5.74, 6) is 0.205. The van der Waals surface area contributed by atoms with E-state index < -0.39 is 10.0 Å². The molecule has 0 unspecified atom stereocenters. The minimum absolute atomic E-state index is 0.125. The molecule has 0 bridgehead atoms. The van der Waals surface area contributed by atoms with Crippen LogP contribution in [0.2, 0.25) is 0 Å². The quantitative estimate of drug-likeness (QED) is 0.737. The van der Waals surface area contributed by atoms with Crippen LogP contribution in [-0.4, -0.2) is 68.2 Å². The van der Waals surface area contributed by atoms with Gasteiger partial charge in [0, 0.05) is 38.3 Å². The fourth-order valence-electron chi connectivity index (χ4n) is 2.14. The average Bonchev–Trinajstić information content (AvgIpc) is 2.28. The van der Waals surface area contributed by atoms with Gasteiger partial charge in [-0.05, 0) is 27.3 Å². The molecular weight excluding hydrogens is 250 g/mol. The fraction of sp³-hybridized carbons (Fsp3) is 1.00. The van der Waals surface area contributed by atoms with Crippen LogP contribution < -0.4 is 5.32 Å². The van der Waals surface area contributed by atoms with E-state index in [4.69, 9.17) is 0 Å². The average molecular weight is 277 g/mol. The fourth-order valence-corrected chi connectivity index (χ4v) is 3.52. The van der Waals surface area contributed by atoms with Crippen molar-refractivity contribution in [1.29, 1.82) is 0 Å². The van der Waals surface area contributed by atoms with E-state index in [2.05, 4.69) is 31.0 Å². The number of piperazine rings is 1. The highest BCUT2D eigenvalue weighted by Crippen LogP contribution is 2.17. The van der Waals surface area contributed by atoms with Crippen molar-refractivity contribution in [3.05, 3.63) is 0 Å². The van der Waals surface area contributed by atoms with Gasteiger partial charge in [0.1, 0.15) is 0 Å². The molecule has 6 heteroatoms. The molecule has 0 aromatic heterocycles. The number of sulfonamides is 1. The van der Waals surface area contributed by atoms with Crippen molar-refractivity contribution >= 4 is 10.0 Å². The van der Waals surface area contributed by atoms with E-state index >= 15 is 0 Å². The second-order valence-electron chi connectivity index (χ2n) is 5.73. The van der Waals surface area contributed by atoms with Crippen LogP contribution in [-0.2, 0) is 10.0 Å². The zero-order valence-electron chi connectivity index (χ0n) is 12.1. The molecule has 0 atom stereocenters. The van der Waals surface area contributed by atoms with Gasteiger partial charge >= 0.3 is 0 Å². The lowest BCUT2D eigenvalue weighted by Crippen LogP contribution is -2.55. The molecule has 0 amide bonds. The SMILES string of the molecule is CCNCCS(=O)(=O)N1CCN(C(C)(C)C)CC1. The van der Waals surface area contributed by atoms with Crippen molar-refractivity contribution in [3.8, 4) is 0 Å². The maximum absolute atomic E-state index is 12.1. The monoisotopic (exact) mass is 277 g/mol. The van der Waals surface area contributed by atoms with E-state index in [-0.39, 0.29) is 11.3 Å². The first-order valence-corrected chi connectivity index (χ1v) is 8.32. The number of hydrogen-bond donors (Lipinski definition) is 1. The normalized spacial score (nSPS) is 20.2. The standard InChI is InChI=1S/C12H27N3O2S/c1-5-13-6-11-18(16,17)15-9-7-14(8-10-15)12(2,3)4/h13H,5-11H2,1-4H3. The molecule has 108 valence electrons. The Hall–Kier alpha value is -0.170. The van der Waals surface area contributed by atoms with Crippen LogP contribution in [0.5, 0.6) is 0 Å². The molecule has 1 aliphatic heterocycles. The van der Waals surface area contributed by atoms with Crippen LogP contribution in [0.4, 0.5) is 0 Å². The van der Waals surface area contributed by atoms with Gasteiger partial charge < -0.3 is 5.32 Å². The summed E-state index contributed by atoms with van der Waals surface area (Å²) in [5, 5.41) is 3.06. The maximum Gasteiger partial charge on any atom is 0.215 e. The van der Waals surface area contributed by atoms with Crippen LogP contribution in [0.25, 0.3) is 0 Å². The number of nitrogens with zero attached hydrogens (tertiary/aromatic N) is 2. The van der Waals surface area contributed by atoms with Gasteiger partial charge in [-0.3, -0.25) is 4.90 Å². The lowest BCUT2D eigenvalue weighted by atomic mass is 10.1. The first-order chi connectivity index (χ1) is 8.27. The molecule has 0 saturated carbocycles. The molecule has 1 rings (SSSR count). The van der Waals surface area contributed by atoms with Crippen LogP contribution in [0.15, 0.2) is 0 Å². The molecule has 1 aliphatic rings. The summed E-state index contributed by atoms with van der Waals surface area (Å²) < 4.78 is 25.8. The largest absolute Gasteiger partial charge is 0.316 e. The van der Waals surface area contributed by atoms with E-state index in [1.807, 2.05) is 6.92 Å².